The second-order valence-electron chi connectivity index (χ2n) is 7.50. The number of hydrogen-bond donors (Lipinski definition) is 1. The Balaban J connectivity index is 2.04. The Bertz CT molecular complexity index is 1170. The number of hydrogen-bond acceptors (Lipinski definition) is 4. The molecular formula is C22H23Cl2N3O4S. The van der Waals surface area contributed by atoms with Crippen molar-refractivity contribution in [3.63, 3.8) is 0 Å². The molecule has 1 fully saturated rings. The van der Waals surface area contributed by atoms with Crippen molar-refractivity contribution < 1.29 is 18.0 Å². The summed E-state index contributed by atoms with van der Waals surface area (Å²) < 4.78 is 25.7. The molecule has 10 heteroatoms. The molecule has 0 aromatic heterocycles. The minimum absolute atomic E-state index is 0.104. The van der Waals surface area contributed by atoms with E-state index in [0.29, 0.717) is 16.3 Å². The number of piperazine rings is 1. The maximum atomic E-state index is 12.6. The Morgan fingerprint density at radius 2 is 1.88 bits per heavy atom. The summed E-state index contributed by atoms with van der Waals surface area (Å²) in [7, 11) is -3.44. The lowest BCUT2D eigenvalue weighted by Crippen LogP contribution is -2.51. The normalized spacial score (nSPS) is 17.5. The summed E-state index contributed by atoms with van der Waals surface area (Å²) in [6.45, 7) is 1.95. The SMILES string of the molecule is CC(=O)Nc1cccc(-c2cc(Cl)cc([C@@H]3CN(S(C)(=O)=O)CCN3C(=O)/C=C\Cl)c2)c1. The molecule has 7 nitrogen and oxygen atoms in total. The molecule has 3 rings (SSSR count). The molecule has 2 aromatic carbocycles. The first-order chi connectivity index (χ1) is 15.1. The number of amides is 2. The van der Waals surface area contributed by atoms with Gasteiger partial charge >= 0.3 is 0 Å². The number of rotatable bonds is 5. The van der Waals surface area contributed by atoms with Gasteiger partial charge in [-0.05, 0) is 47.0 Å². The van der Waals surface area contributed by atoms with Crippen LogP contribution in [0.15, 0.2) is 54.1 Å². The van der Waals surface area contributed by atoms with E-state index in [4.69, 9.17) is 23.2 Å². The molecule has 2 amide bonds. The van der Waals surface area contributed by atoms with E-state index in [9.17, 15) is 18.0 Å². The van der Waals surface area contributed by atoms with Crippen molar-refractivity contribution in [1.82, 2.24) is 9.21 Å². The Morgan fingerprint density at radius 3 is 2.53 bits per heavy atom. The summed E-state index contributed by atoms with van der Waals surface area (Å²) in [5.41, 5.74) is 4.06. The van der Waals surface area contributed by atoms with Gasteiger partial charge in [0.05, 0.1) is 12.3 Å². The van der Waals surface area contributed by atoms with Crippen molar-refractivity contribution in [3.8, 4) is 11.1 Å². The van der Waals surface area contributed by atoms with Crippen LogP contribution in [0, 0.1) is 0 Å². The average Bonchev–Trinajstić information content (AvgIpc) is 2.72. The smallest absolute Gasteiger partial charge is 0.248 e. The second-order valence-corrected chi connectivity index (χ2v) is 10.2. The maximum absolute atomic E-state index is 12.6. The van der Waals surface area contributed by atoms with Gasteiger partial charge in [0.15, 0.2) is 0 Å². The van der Waals surface area contributed by atoms with Gasteiger partial charge in [0, 0.05) is 48.9 Å². The molecule has 0 radical (unpaired) electrons. The zero-order valence-electron chi connectivity index (χ0n) is 17.6. The molecule has 32 heavy (non-hydrogen) atoms. The molecule has 1 saturated heterocycles. The zero-order chi connectivity index (χ0) is 23.5. The first kappa shape index (κ1) is 24.3. The van der Waals surface area contributed by atoms with Gasteiger partial charge in [0.25, 0.3) is 0 Å². The molecule has 1 N–H and O–H groups in total. The molecule has 0 unspecified atom stereocenters. The number of benzene rings is 2. The fourth-order valence-electron chi connectivity index (χ4n) is 3.71. The molecule has 1 atom stereocenters. The van der Waals surface area contributed by atoms with Gasteiger partial charge in [-0.15, -0.1) is 0 Å². The first-order valence-corrected chi connectivity index (χ1v) is 12.5. The van der Waals surface area contributed by atoms with E-state index in [0.717, 1.165) is 22.9 Å². The summed E-state index contributed by atoms with van der Waals surface area (Å²) in [5.74, 6) is -0.495. The van der Waals surface area contributed by atoms with E-state index < -0.39 is 16.1 Å². The minimum Gasteiger partial charge on any atom is -0.329 e. The van der Waals surface area contributed by atoms with Crippen molar-refractivity contribution in [2.24, 2.45) is 0 Å². The summed E-state index contributed by atoms with van der Waals surface area (Å²) in [6, 6.07) is 12.1. The highest BCUT2D eigenvalue weighted by molar-refractivity contribution is 7.88. The van der Waals surface area contributed by atoms with Crippen LogP contribution in [0.5, 0.6) is 0 Å². The lowest BCUT2D eigenvalue weighted by Gasteiger charge is -2.40. The van der Waals surface area contributed by atoms with Crippen LogP contribution >= 0.6 is 23.2 Å². The van der Waals surface area contributed by atoms with Gasteiger partial charge in [-0.25, -0.2) is 8.42 Å². The largest absolute Gasteiger partial charge is 0.329 e. The van der Waals surface area contributed by atoms with E-state index in [1.165, 1.54) is 17.3 Å². The molecule has 0 aliphatic carbocycles. The fraction of sp³-hybridized carbons (Fsp3) is 0.273. The van der Waals surface area contributed by atoms with Gasteiger partial charge in [-0.1, -0.05) is 35.3 Å². The minimum atomic E-state index is -3.44. The number of nitrogens with one attached hydrogen (secondary N) is 1. The molecule has 2 aromatic rings. The number of nitrogens with zero attached hydrogens (tertiary/aromatic N) is 2. The number of carbonyl (C=O) groups excluding carboxylic acids is 2. The highest BCUT2D eigenvalue weighted by atomic mass is 35.5. The Morgan fingerprint density at radius 1 is 1.12 bits per heavy atom. The molecule has 0 bridgehead atoms. The van der Waals surface area contributed by atoms with E-state index in [-0.39, 0.29) is 31.4 Å². The van der Waals surface area contributed by atoms with Crippen LogP contribution in [0.2, 0.25) is 5.02 Å². The van der Waals surface area contributed by atoms with Gasteiger partial charge in [0.1, 0.15) is 0 Å². The zero-order valence-corrected chi connectivity index (χ0v) is 19.9. The summed E-state index contributed by atoms with van der Waals surface area (Å²) in [6.07, 6.45) is 2.39. The van der Waals surface area contributed by atoms with Crippen LogP contribution in [0.1, 0.15) is 18.5 Å². The summed E-state index contributed by atoms with van der Waals surface area (Å²) in [5, 5.41) is 3.19. The van der Waals surface area contributed by atoms with E-state index >= 15 is 0 Å². The number of sulfonamides is 1. The topological polar surface area (TPSA) is 86.8 Å². The lowest BCUT2D eigenvalue weighted by molar-refractivity contribution is -0.130. The van der Waals surface area contributed by atoms with Crippen LogP contribution in [-0.2, 0) is 19.6 Å². The summed E-state index contributed by atoms with van der Waals surface area (Å²) in [4.78, 5) is 25.6. The predicted octanol–water partition coefficient (Wildman–Crippen LogP) is 3.86. The fourth-order valence-corrected chi connectivity index (χ4v) is 4.89. The molecule has 0 saturated carbocycles. The Kier molecular flexibility index (Phi) is 7.61. The Labute approximate surface area is 197 Å². The van der Waals surface area contributed by atoms with Crippen LogP contribution in [0.3, 0.4) is 0 Å². The van der Waals surface area contributed by atoms with Crippen molar-refractivity contribution >= 4 is 50.7 Å². The predicted molar refractivity (Wildman–Crippen MR) is 127 cm³/mol. The molecule has 1 aliphatic heterocycles. The van der Waals surface area contributed by atoms with Crippen LogP contribution < -0.4 is 5.32 Å². The molecule has 1 aliphatic rings. The third-order valence-electron chi connectivity index (χ3n) is 5.12. The van der Waals surface area contributed by atoms with E-state index in [1.807, 2.05) is 24.3 Å². The summed E-state index contributed by atoms with van der Waals surface area (Å²) >= 11 is 12.0. The van der Waals surface area contributed by atoms with Gasteiger partial charge < -0.3 is 10.2 Å². The highest BCUT2D eigenvalue weighted by Gasteiger charge is 2.34. The van der Waals surface area contributed by atoms with Crippen molar-refractivity contribution in [1.29, 1.82) is 0 Å². The number of carbonyl (C=O) groups is 2. The molecule has 1 heterocycles. The molecule has 0 spiro atoms. The lowest BCUT2D eigenvalue weighted by atomic mass is 9.97. The second kappa shape index (κ2) is 10.0. The third kappa shape index (κ3) is 5.89. The monoisotopic (exact) mass is 495 g/mol. The maximum Gasteiger partial charge on any atom is 0.248 e. The van der Waals surface area contributed by atoms with Crippen LogP contribution in [-0.4, -0.2) is 55.3 Å². The highest BCUT2D eigenvalue weighted by Crippen LogP contribution is 2.33. The quantitative estimate of drug-likeness (QED) is 0.637. The van der Waals surface area contributed by atoms with Crippen LogP contribution in [0.4, 0.5) is 5.69 Å². The molecule has 170 valence electrons. The van der Waals surface area contributed by atoms with Gasteiger partial charge in [-0.2, -0.15) is 4.31 Å². The van der Waals surface area contributed by atoms with Gasteiger partial charge in [-0.3, -0.25) is 9.59 Å². The standard InChI is InChI=1S/C22H23Cl2N3O4S/c1-15(28)25-20-5-3-4-16(13-20)17-10-18(12-19(24)11-17)21-14-26(32(2,30)31)8-9-27(21)22(29)6-7-23/h3-7,10-13,21H,8-9,14H2,1-2H3,(H,25,28)/b7-6-/t21-/m0/s1. The Hall–Kier alpha value is -2.39. The average molecular weight is 496 g/mol. The molecular weight excluding hydrogens is 473 g/mol. The number of anilines is 1. The van der Waals surface area contributed by atoms with E-state index in [1.54, 1.807) is 23.1 Å². The van der Waals surface area contributed by atoms with Crippen LogP contribution in [0.25, 0.3) is 11.1 Å². The van der Waals surface area contributed by atoms with Crippen molar-refractivity contribution in [2.45, 2.75) is 13.0 Å². The van der Waals surface area contributed by atoms with Crippen molar-refractivity contribution in [2.75, 3.05) is 31.2 Å². The first-order valence-electron chi connectivity index (χ1n) is 9.79. The van der Waals surface area contributed by atoms with Gasteiger partial charge in [0.2, 0.25) is 21.8 Å². The third-order valence-corrected chi connectivity index (χ3v) is 6.74. The van der Waals surface area contributed by atoms with E-state index in [2.05, 4.69) is 5.32 Å². The van der Waals surface area contributed by atoms with Crippen molar-refractivity contribution in [3.05, 3.63) is 64.7 Å². The number of halogens is 2.